The fraction of sp³-hybridized carbons (Fsp3) is 1.00. The number of ether oxygens (including phenoxy) is 2. The molecule has 4 nitrogen and oxygen atoms in total. The zero-order valence-electron chi connectivity index (χ0n) is 12.3. The molecule has 0 saturated carbocycles. The summed E-state index contributed by atoms with van der Waals surface area (Å²) < 4.78 is 10.7. The van der Waals surface area contributed by atoms with Crippen molar-refractivity contribution in [1.29, 1.82) is 0 Å². The van der Waals surface area contributed by atoms with Crippen molar-refractivity contribution in [3.63, 3.8) is 0 Å². The molecular formula is C14H30N2O2. The van der Waals surface area contributed by atoms with Gasteiger partial charge >= 0.3 is 0 Å². The van der Waals surface area contributed by atoms with Gasteiger partial charge in [0.05, 0.1) is 6.61 Å². The van der Waals surface area contributed by atoms with E-state index in [0.717, 1.165) is 45.9 Å². The highest BCUT2D eigenvalue weighted by Crippen LogP contribution is 2.11. The van der Waals surface area contributed by atoms with Crippen LogP contribution in [-0.4, -0.2) is 63.5 Å². The third-order valence-corrected chi connectivity index (χ3v) is 3.74. The molecule has 0 amide bonds. The van der Waals surface area contributed by atoms with Crippen LogP contribution in [0.25, 0.3) is 0 Å². The highest BCUT2D eigenvalue weighted by molar-refractivity contribution is 4.84. The summed E-state index contributed by atoms with van der Waals surface area (Å²) in [6.07, 6.45) is 3.42. The quantitative estimate of drug-likeness (QED) is 0.636. The van der Waals surface area contributed by atoms with Crippen LogP contribution in [-0.2, 0) is 9.47 Å². The fourth-order valence-corrected chi connectivity index (χ4v) is 2.47. The summed E-state index contributed by atoms with van der Waals surface area (Å²) in [5, 5.41) is 3.62. The molecule has 108 valence electrons. The summed E-state index contributed by atoms with van der Waals surface area (Å²) >= 11 is 0. The molecule has 0 spiro atoms. The number of hydrogen-bond acceptors (Lipinski definition) is 4. The molecule has 1 rings (SSSR count). The second-order valence-corrected chi connectivity index (χ2v) is 5.03. The van der Waals surface area contributed by atoms with E-state index in [2.05, 4.69) is 24.1 Å². The van der Waals surface area contributed by atoms with Crippen LogP contribution in [0.1, 0.15) is 33.1 Å². The Bertz CT molecular complexity index is 202. The van der Waals surface area contributed by atoms with Crippen molar-refractivity contribution in [3.8, 4) is 0 Å². The lowest BCUT2D eigenvalue weighted by molar-refractivity contribution is 0.0549. The first-order chi connectivity index (χ1) is 8.81. The number of hydrogen-bond donors (Lipinski definition) is 1. The topological polar surface area (TPSA) is 33.7 Å². The smallest absolute Gasteiger partial charge is 0.0593 e. The van der Waals surface area contributed by atoms with Crippen molar-refractivity contribution in [2.24, 2.45) is 0 Å². The number of nitrogens with one attached hydrogen (secondary N) is 1. The molecule has 1 fully saturated rings. The summed E-state index contributed by atoms with van der Waals surface area (Å²) in [6.45, 7) is 10.3. The highest BCUT2D eigenvalue weighted by atomic mass is 16.5. The summed E-state index contributed by atoms with van der Waals surface area (Å²) in [5.41, 5.74) is 0. The van der Waals surface area contributed by atoms with Crippen molar-refractivity contribution in [3.05, 3.63) is 0 Å². The average molecular weight is 258 g/mol. The predicted octanol–water partition coefficient (Wildman–Crippen LogP) is 1.50. The first-order valence-electron chi connectivity index (χ1n) is 7.35. The van der Waals surface area contributed by atoms with Crippen molar-refractivity contribution in [1.82, 2.24) is 10.2 Å². The van der Waals surface area contributed by atoms with Crippen LogP contribution >= 0.6 is 0 Å². The van der Waals surface area contributed by atoms with Crippen molar-refractivity contribution in [2.75, 3.05) is 46.6 Å². The third kappa shape index (κ3) is 5.65. The van der Waals surface area contributed by atoms with E-state index in [-0.39, 0.29) is 0 Å². The molecule has 0 aromatic heterocycles. The Morgan fingerprint density at radius 3 is 2.67 bits per heavy atom. The van der Waals surface area contributed by atoms with E-state index in [1.807, 2.05) is 0 Å². The first-order valence-corrected chi connectivity index (χ1v) is 7.35. The van der Waals surface area contributed by atoms with E-state index in [4.69, 9.17) is 9.47 Å². The van der Waals surface area contributed by atoms with Gasteiger partial charge in [-0.05, 0) is 19.3 Å². The van der Waals surface area contributed by atoms with Crippen LogP contribution in [0.5, 0.6) is 0 Å². The molecule has 0 bridgehead atoms. The van der Waals surface area contributed by atoms with Gasteiger partial charge < -0.3 is 14.8 Å². The Labute approximate surface area is 112 Å². The molecule has 0 aromatic carbocycles. The van der Waals surface area contributed by atoms with Gasteiger partial charge in [0.25, 0.3) is 0 Å². The zero-order chi connectivity index (χ0) is 13.2. The van der Waals surface area contributed by atoms with Gasteiger partial charge in [-0.15, -0.1) is 0 Å². The van der Waals surface area contributed by atoms with E-state index in [1.165, 1.54) is 12.8 Å². The van der Waals surface area contributed by atoms with Gasteiger partial charge in [0.15, 0.2) is 0 Å². The monoisotopic (exact) mass is 258 g/mol. The minimum atomic E-state index is 0.654. The molecule has 1 saturated heterocycles. The van der Waals surface area contributed by atoms with E-state index in [0.29, 0.717) is 12.1 Å². The van der Waals surface area contributed by atoms with Crippen LogP contribution in [0.2, 0.25) is 0 Å². The first kappa shape index (κ1) is 15.9. The van der Waals surface area contributed by atoms with Gasteiger partial charge in [0, 0.05) is 52.0 Å². The Kier molecular flexibility index (Phi) is 8.59. The molecule has 1 aliphatic rings. The van der Waals surface area contributed by atoms with Gasteiger partial charge in [-0.3, -0.25) is 4.90 Å². The average Bonchev–Trinajstić information content (AvgIpc) is 2.42. The highest BCUT2D eigenvalue weighted by Gasteiger charge is 2.25. The van der Waals surface area contributed by atoms with Crippen LogP contribution in [0.4, 0.5) is 0 Å². The molecule has 0 radical (unpaired) electrons. The van der Waals surface area contributed by atoms with Crippen molar-refractivity contribution < 1.29 is 9.47 Å². The summed E-state index contributed by atoms with van der Waals surface area (Å²) in [5.74, 6) is 0. The summed E-state index contributed by atoms with van der Waals surface area (Å²) in [7, 11) is 1.73. The molecule has 4 heteroatoms. The Morgan fingerprint density at radius 1 is 1.17 bits per heavy atom. The van der Waals surface area contributed by atoms with Crippen molar-refractivity contribution >= 4 is 0 Å². The van der Waals surface area contributed by atoms with E-state index >= 15 is 0 Å². The molecule has 18 heavy (non-hydrogen) atoms. The number of nitrogens with zero attached hydrogens (tertiary/aromatic N) is 1. The molecule has 1 aliphatic heterocycles. The standard InChI is InChI=1S/C14H30N2O2/c1-4-13-12-16(14(5-2)11-15-13)7-10-18-9-6-8-17-3/h13-15H,4-12H2,1-3H3. The van der Waals surface area contributed by atoms with Gasteiger partial charge in [-0.1, -0.05) is 13.8 Å². The van der Waals surface area contributed by atoms with Gasteiger partial charge in [0.2, 0.25) is 0 Å². The van der Waals surface area contributed by atoms with E-state index in [9.17, 15) is 0 Å². The molecule has 1 heterocycles. The SMILES string of the molecule is CCC1CN(CCOCCCOC)C(CC)CN1. The normalized spacial score (nSPS) is 25.5. The van der Waals surface area contributed by atoms with Crippen LogP contribution < -0.4 is 5.32 Å². The molecule has 2 atom stereocenters. The summed E-state index contributed by atoms with van der Waals surface area (Å²) in [4.78, 5) is 2.58. The van der Waals surface area contributed by atoms with Crippen molar-refractivity contribution in [2.45, 2.75) is 45.2 Å². The van der Waals surface area contributed by atoms with Gasteiger partial charge in [-0.2, -0.15) is 0 Å². The minimum absolute atomic E-state index is 0.654. The summed E-state index contributed by atoms with van der Waals surface area (Å²) in [6, 6.07) is 1.33. The predicted molar refractivity (Wildman–Crippen MR) is 75.0 cm³/mol. The van der Waals surface area contributed by atoms with Crippen LogP contribution in [0, 0.1) is 0 Å². The van der Waals surface area contributed by atoms with Gasteiger partial charge in [0.1, 0.15) is 0 Å². The Balaban J connectivity index is 2.16. The molecule has 0 aliphatic carbocycles. The lowest BCUT2D eigenvalue weighted by Gasteiger charge is -2.39. The molecule has 1 N–H and O–H groups in total. The lowest BCUT2D eigenvalue weighted by Crippen LogP contribution is -2.56. The second-order valence-electron chi connectivity index (χ2n) is 5.03. The number of rotatable bonds is 9. The lowest BCUT2D eigenvalue weighted by atomic mass is 10.1. The molecule has 2 unspecified atom stereocenters. The van der Waals surface area contributed by atoms with Crippen LogP contribution in [0.15, 0.2) is 0 Å². The van der Waals surface area contributed by atoms with Crippen LogP contribution in [0.3, 0.4) is 0 Å². The number of methoxy groups -OCH3 is 1. The maximum Gasteiger partial charge on any atom is 0.0593 e. The fourth-order valence-electron chi connectivity index (χ4n) is 2.47. The molecular weight excluding hydrogens is 228 g/mol. The van der Waals surface area contributed by atoms with Gasteiger partial charge in [-0.25, -0.2) is 0 Å². The maximum atomic E-state index is 5.66. The third-order valence-electron chi connectivity index (χ3n) is 3.74. The van der Waals surface area contributed by atoms with E-state index < -0.39 is 0 Å². The minimum Gasteiger partial charge on any atom is -0.385 e. The largest absolute Gasteiger partial charge is 0.385 e. The zero-order valence-corrected chi connectivity index (χ0v) is 12.3. The van der Waals surface area contributed by atoms with E-state index in [1.54, 1.807) is 7.11 Å². The number of piperazine rings is 1. The Hall–Kier alpha value is -0.160. The second kappa shape index (κ2) is 9.73. The maximum absolute atomic E-state index is 5.66. The molecule has 0 aromatic rings. The Morgan fingerprint density at radius 2 is 2.00 bits per heavy atom.